The van der Waals surface area contributed by atoms with Crippen molar-refractivity contribution in [1.29, 1.82) is 0 Å². The Morgan fingerprint density at radius 1 is 0.917 bits per heavy atom. The summed E-state index contributed by atoms with van der Waals surface area (Å²) in [5, 5.41) is 31.0. The van der Waals surface area contributed by atoms with E-state index in [1.807, 2.05) is 0 Å². The summed E-state index contributed by atoms with van der Waals surface area (Å²) in [6, 6.07) is -1.33. The van der Waals surface area contributed by atoms with Gasteiger partial charge in [0, 0.05) is 11.5 Å². The van der Waals surface area contributed by atoms with Crippen molar-refractivity contribution in [3.05, 3.63) is 21.6 Å². The molecule has 0 amide bonds. The largest absolute Gasteiger partial charge is 0.493 e. The predicted molar refractivity (Wildman–Crippen MR) is 137 cm³/mol. The fourth-order valence-electron chi connectivity index (χ4n) is 3.46. The lowest BCUT2D eigenvalue weighted by Crippen LogP contribution is -2.41. The average Bonchev–Trinajstić information content (AvgIpc) is 3.28. The highest BCUT2D eigenvalue weighted by molar-refractivity contribution is 8.08. The zero-order valence-electron chi connectivity index (χ0n) is 21.6. The van der Waals surface area contributed by atoms with Crippen LogP contribution in [-0.4, -0.2) is 109 Å². The number of aliphatic hydroxyl groups excluding tert-OH is 2. The number of hydrazine groups is 1. The molecule has 0 bridgehead atoms. The lowest BCUT2D eigenvalue weighted by molar-refractivity contribution is -0.159. The molecule has 2 aliphatic rings. The van der Waals surface area contributed by atoms with Crippen LogP contribution >= 0.6 is 23.5 Å². The fourth-order valence-corrected chi connectivity index (χ4v) is 6.00. The summed E-state index contributed by atoms with van der Waals surface area (Å²) in [5.41, 5.74) is -0.681. The van der Waals surface area contributed by atoms with E-state index in [2.05, 4.69) is 10.6 Å². The molecule has 1 saturated heterocycles. The monoisotopic (exact) mass is 548 g/mol. The molecule has 2 atom stereocenters. The zero-order valence-corrected chi connectivity index (χ0v) is 23.2. The quantitative estimate of drug-likeness (QED) is 0.214. The number of rotatable bonds is 11. The van der Waals surface area contributed by atoms with Crippen molar-refractivity contribution in [2.24, 2.45) is 5.92 Å². The standard InChI is InChI=1S/C22H36N4O8S2/c1-22(2,3)34-19(29)12-8-25-17(27)15(35-10-13(23-4)20(30)32-6)16(18(28)26(25)9-12)36-11-14(24-5)21(31)33-7/h12-14,23-24,27-28H,8-11H2,1-7H3/t13-,14-/m0/s1. The lowest BCUT2D eigenvalue weighted by atomic mass is 10.1. The van der Waals surface area contributed by atoms with Gasteiger partial charge in [0.15, 0.2) is 0 Å². The number of methoxy groups -OCH3 is 2. The second-order valence-electron chi connectivity index (χ2n) is 9.05. The molecule has 4 N–H and O–H groups in total. The molecule has 0 aromatic rings. The second-order valence-corrected chi connectivity index (χ2v) is 11.1. The maximum atomic E-state index is 12.7. The Kier molecular flexibility index (Phi) is 10.6. The first-order valence-corrected chi connectivity index (χ1v) is 13.3. The average molecular weight is 549 g/mol. The van der Waals surface area contributed by atoms with Gasteiger partial charge in [-0.15, -0.1) is 23.5 Å². The summed E-state index contributed by atoms with van der Waals surface area (Å²) < 4.78 is 15.1. The molecule has 1 fully saturated rings. The molecule has 12 nitrogen and oxygen atoms in total. The first-order chi connectivity index (χ1) is 16.9. The Balaban J connectivity index is 2.37. The van der Waals surface area contributed by atoms with E-state index in [9.17, 15) is 24.6 Å². The summed E-state index contributed by atoms with van der Waals surface area (Å²) in [4.78, 5) is 37.4. The lowest BCUT2D eigenvalue weighted by Gasteiger charge is -2.36. The number of fused-ring (bicyclic) bond motifs is 1. The van der Waals surface area contributed by atoms with E-state index in [0.29, 0.717) is 9.81 Å². The van der Waals surface area contributed by atoms with Gasteiger partial charge >= 0.3 is 17.9 Å². The van der Waals surface area contributed by atoms with Crippen LogP contribution in [0.5, 0.6) is 0 Å². The van der Waals surface area contributed by atoms with Crippen LogP contribution in [0.25, 0.3) is 0 Å². The predicted octanol–water partition coefficient (Wildman–Crippen LogP) is 0.933. The Morgan fingerprint density at radius 3 is 1.61 bits per heavy atom. The number of hydrogen-bond acceptors (Lipinski definition) is 14. The SMILES string of the molecule is CN[C@@H](CSC1=C(O)N2CC(C(=O)OC(C)(C)C)CN2C(O)=C1SC[C@H](NC)C(=O)OC)C(=O)OC. The summed E-state index contributed by atoms with van der Waals surface area (Å²) in [7, 11) is 5.79. The Hall–Kier alpha value is -2.29. The maximum absolute atomic E-state index is 12.7. The van der Waals surface area contributed by atoms with Crippen LogP contribution < -0.4 is 10.6 Å². The summed E-state index contributed by atoms with van der Waals surface area (Å²) in [6.07, 6.45) is 0. The molecule has 0 radical (unpaired) electrons. The fraction of sp³-hybridized carbons (Fsp3) is 0.682. The molecule has 0 spiro atoms. The van der Waals surface area contributed by atoms with Crippen molar-refractivity contribution in [2.45, 2.75) is 38.5 Å². The zero-order chi connectivity index (χ0) is 27.2. The minimum absolute atomic E-state index is 0.0978. The highest BCUT2D eigenvalue weighted by atomic mass is 32.2. The molecule has 36 heavy (non-hydrogen) atoms. The smallest absolute Gasteiger partial charge is 0.323 e. The highest BCUT2D eigenvalue weighted by Crippen LogP contribution is 2.44. The molecule has 0 aromatic heterocycles. The van der Waals surface area contributed by atoms with Crippen LogP contribution in [0.15, 0.2) is 21.6 Å². The van der Waals surface area contributed by atoms with Gasteiger partial charge in [-0.25, -0.2) is 10.0 Å². The summed E-state index contributed by atoms with van der Waals surface area (Å²) in [5.74, 6) is -1.98. The molecular weight excluding hydrogens is 512 g/mol. The van der Waals surface area contributed by atoms with Gasteiger partial charge in [-0.2, -0.15) is 0 Å². The Bertz CT molecular complexity index is 847. The number of thioether (sulfide) groups is 2. The van der Waals surface area contributed by atoms with E-state index in [0.717, 1.165) is 23.5 Å². The van der Waals surface area contributed by atoms with Gasteiger partial charge in [0.05, 0.1) is 43.0 Å². The van der Waals surface area contributed by atoms with E-state index in [1.165, 1.54) is 24.2 Å². The van der Waals surface area contributed by atoms with Gasteiger partial charge in [-0.1, -0.05) is 0 Å². The first-order valence-electron chi connectivity index (χ1n) is 11.3. The van der Waals surface area contributed by atoms with Crippen LogP contribution in [0, 0.1) is 5.92 Å². The van der Waals surface area contributed by atoms with Crippen molar-refractivity contribution in [1.82, 2.24) is 20.7 Å². The van der Waals surface area contributed by atoms with Gasteiger partial charge < -0.3 is 35.1 Å². The third kappa shape index (κ3) is 7.14. The molecule has 0 aromatic carbocycles. The highest BCUT2D eigenvalue weighted by Gasteiger charge is 2.44. The summed E-state index contributed by atoms with van der Waals surface area (Å²) >= 11 is 2.28. The van der Waals surface area contributed by atoms with Gasteiger partial charge in [0.1, 0.15) is 17.7 Å². The minimum Gasteiger partial charge on any atom is -0.493 e. The van der Waals surface area contributed by atoms with Crippen LogP contribution in [0.1, 0.15) is 20.8 Å². The summed E-state index contributed by atoms with van der Waals surface area (Å²) in [6.45, 7) is 5.50. The van der Waals surface area contributed by atoms with E-state index in [1.54, 1.807) is 34.9 Å². The molecule has 204 valence electrons. The van der Waals surface area contributed by atoms with E-state index in [-0.39, 0.29) is 36.4 Å². The van der Waals surface area contributed by atoms with Crippen molar-refractivity contribution in [3.63, 3.8) is 0 Å². The van der Waals surface area contributed by atoms with Crippen molar-refractivity contribution in [3.8, 4) is 0 Å². The molecular formula is C22H36N4O8S2. The minimum atomic E-state index is -0.681. The van der Waals surface area contributed by atoms with E-state index >= 15 is 0 Å². The number of ether oxygens (including phenoxy) is 3. The van der Waals surface area contributed by atoms with Crippen molar-refractivity contribution < 1.29 is 38.8 Å². The van der Waals surface area contributed by atoms with Crippen molar-refractivity contribution in [2.75, 3.05) is 52.9 Å². The third-order valence-electron chi connectivity index (χ3n) is 5.38. The van der Waals surface area contributed by atoms with Gasteiger partial charge in [0.2, 0.25) is 11.8 Å². The molecule has 0 saturated carbocycles. The van der Waals surface area contributed by atoms with Gasteiger partial charge in [-0.3, -0.25) is 14.4 Å². The molecule has 0 aliphatic carbocycles. The number of aliphatic hydroxyl groups is 2. The molecule has 14 heteroatoms. The molecule has 2 aliphatic heterocycles. The van der Waals surface area contributed by atoms with Crippen LogP contribution in [0.4, 0.5) is 0 Å². The number of nitrogens with one attached hydrogen (secondary N) is 2. The van der Waals surface area contributed by atoms with Crippen LogP contribution in [0.2, 0.25) is 0 Å². The number of hydrogen-bond donors (Lipinski definition) is 4. The number of carbonyl (C=O) groups is 3. The molecule has 0 unspecified atom stereocenters. The van der Waals surface area contributed by atoms with E-state index < -0.39 is 41.5 Å². The first kappa shape index (κ1) is 29.9. The third-order valence-corrected chi connectivity index (χ3v) is 7.86. The van der Waals surface area contributed by atoms with Gasteiger partial charge in [0.25, 0.3) is 0 Å². The molecule has 2 rings (SSSR count). The molecule has 2 heterocycles. The number of likely N-dealkylation sites (N-methyl/N-ethyl adjacent to an activating group) is 2. The van der Waals surface area contributed by atoms with Gasteiger partial charge in [-0.05, 0) is 34.9 Å². The number of carbonyl (C=O) groups excluding carboxylic acids is 3. The van der Waals surface area contributed by atoms with E-state index in [4.69, 9.17) is 14.2 Å². The van der Waals surface area contributed by atoms with Crippen molar-refractivity contribution >= 4 is 41.4 Å². The number of nitrogens with zero attached hydrogens (tertiary/aromatic N) is 2. The number of esters is 3. The Morgan fingerprint density at radius 2 is 1.31 bits per heavy atom. The second kappa shape index (κ2) is 12.8. The van der Waals surface area contributed by atoms with Crippen LogP contribution in [0.3, 0.4) is 0 Å². The maximum Gasteiger partial charge on any atom is 0.323 e. The topological polar surface area (TPSA) is 150 Å². The normalized spacial score (nSPS) is 18.2. The Labute approximate surface area is 219 Å². The van der Waals surface area contributed by atoms with Crippen LogP contribution in [-0.2, 0) is 28.6 Å².